The molecule has 0 aliphatic rings. The average molecular weight is 287 g/mol. The summed E-state index contributed by atoms with van der Waals surface area (Å²) in [4.78, 5) is 18.6. The molecule has 0 atom stereocenters. The number of hydrogen-bond donors (Lipinski definition) is 3. The number of carbonyl (C=O) groups excluding carboxylic acids is 1. The van der Waals surface area contributed by atoms with Crippen molar-refractivity contribution in [3.63, 3.8) is 0 Å². The van der Waals surface area contributed by atoms with Crippen LogP contribution in [0.2, 0.25) is 0 Å². The number of anilines is 1. The molecule has 21 heavy (non-hydrogen) atoms. The van der Waals surface area contributed by atoms with Crippen molar-refractivity contribution in [3.05, 3.63) is 36.0 Å². The number of benzene rings is 1. The van der Waals surface area contributed by atoms with Crippen molar-refractivity contribution in [3.8, 4) is 0 Å². The fourth-order valence-corrected chi connectivity index (χ4v) is 2.10. The maximum atomic E-state index is 12.3. The molecule has 4 N–H and O–H groups in total. The third-order valence-corrected chi connectivity index (χ3v) is 3.50. The van der Waals surface area contributed by atoms with Crippen molar-refractivity contribution in [2.75, 3.05) is 32.1 Å². The van der Waals surface area contributed by atoms with E-state index in [2.05, 4.69) is 27.6 Å². The molecule has 0 saturated carbocycles. The largest absolute Gasteiger partial charge is 0.351 e. The Morgan fingerprint density at radius 1 is 1.33 bits per heavy atom. The van der Waals surface area contributed by atoms with E-state index in [1.807, 2.05) is 31.3 Å². The number of carbonyl (C=O) groups is 1. The number of likely N-dealkylation sites (N-methyl/N-ethyl adjacent to an activating group) is 1. The molecule has 0 unspecified atom stereocenters. The Morgan fingerprint density at radius 3 is 2.71 bits per heavy atom. The zero-order valence-corrected chi connectivity index (χ0v) is 12.4. The zero-order valence-electron chi connectivity index (χ0n) is 12.4. The lowest BCUT2D eigenvalue weighted by Crippen LogP contribution is -2.33. The van der Waals surface area contributed by atoms with Gasteiger partial charge in [-0.3, -0.25) is 4.79 Å². The molecule has 0 saturated heterocycles. The molecule has 2 aromatic rings. The molecule has 0 aliphatic carbocycles. The SMILES string of the molecule is CCN(C)CCNC(=O)c1cnc(NN)c2ccccc12. The van der Waals surface area contributed by atoms with Crippen molar-refractivity contribution in [2.45, 2.75) is 6.92 Å². The first-order valence-corrected chi connectivity index (χ1v) is 6.98. The number of fused-ring (bicyclic) bond motifs is 1. The van der Waals surface area contributed by atoms with Crippen LogP contribution >= 0.6 is 0 Å². The first-order chi connectivity index (χ1) is 10.2. The molecular formula is C15H21N5O. The Hall–Kier alpha value is -2.18. The summed E-state index contributed by atoms with van der Waals surface area (Å²) in [5.74, 6) is 5.90. The maximum Gasteiger partial charge on any atom is 0.253 e. The molecular weight excluding hydrogens is 266 g/mol. The lowest BCUT2D eigenvalue weighted by molar-refractivity contribution is 0.0951. The normalized spacial score (nSPS) is 10.9. The second kappa shape index (κ2) is 7.01. The van der Waals surface area contributed by atoms with Gasteiger partial charge in [-0.2, -0.15) is 0 Å². The fraction of sp³-hybridized carbons (Fsp3) is 0.333. The topological polar surface area (TPSA) is 83.3 Å². The summed E-state index contributed by atoms with van der Waals surface area (Å²) in [5.41, 5.74) is 3.11. The summed E-state index contributed by atoms with van der Waals surface area (Å²) in [7, 11) is 2.02. The van der Waals surface area contributed by atoms with Gasteiger partial charge in [-0.1, -0.05) is 31.2 Å². The second-order valence-electron chi connectivity index (χ2n) is 4.86. The highest BCUT2D eigenvalue weighted by Crippen LogP contribution is 2.23. The van der Waals surface area contributed by atoms with E-state index in [1.165, 1.54) is 0 Å². The van der Waals surface area contributed by atoms with E-state index < -0.39 is 0 Å². The van der Waals surface area contributed by atoms with Crippen LogP contribution < -0.4 is 16.6 Å². The summed E-state index contributed by atoms with van der Waals surface area (Å²) < 4.78 is 0. The smallest absolute Gasteiger partial charge is 0.253 e. The van der Waals surface area contributed by atoms with E-state index in [1.54, 1.807) is 6.20 Å². The van der Waals surface area contributed by atoms with Gasteiger partial charge in [0, 0.05) is 24.7 Å². The first-order valence-electron chi connectivity index (χ1n) is 6.98. The first kappa shape index (κ1) is 15.2. The van der Waals surface area contributed by atoms with Gasteiger partial charge in [-0.15, -0.1) is 0 Å². The molecule has 0 radical (unpaired) electrons. The van der Waals surface area contributed by atoms with E-state index >= 15 is 0 Å². The van der Waals surface area contributed by atoms with Crippen LogP contribution in [-0.4, -0.2) is 42.5 Å². The van der Waals surface area contributed by atoms with Gasteiger partial charge in [0.25, 0.3) is 5.91 Å². The molecule has 1 aromatic carbocycles. The van der Waals surface area contributed by atoms with E-state index in [4.69, 9.17) is 5.84 Å². The lowest BCUT2D eigenvalue weighted by atomic mass is 10.1. The number of nitrogens with one attached hydrogen (secondary N) is 2. The monoisotopic (exact) mass is 287 g/mol. The van der Waals surface area contributed by atoms with Gasteiger partial charge in [0.05, 0.1) is 5.56 Å². The number of nitrogens with two attached hydrogens (primary N) is 1. The van der Waals surface area contributed by atoms with Crippen LogP contribution in [0, 0.1) is 0 Å². The summed E-state index contributed by atoms with van der Waals surface area (Å²) >= 11 is 0. The van der Waals surface area contributed by atoms with Crippen LogP contribution in [0.4, 0.5) is 5.82 Å². The van der Waals surface area contributed by atoms with Crippen molar-refractivity contribution in [1.82, 2.24) is 15.2 Å². The number of pyridine rings is 1. The van der Waals surface area contributed by atoms with Crippen LogP contribution in [0.25, 0.3) is 10.8 Å². The summed E-state index contributed by atoms with van der Waals surface area (Å²) in [6.07, 6.45) is 1.55. The quantitative estimate of drug-likeness (QED) is 0.549. The van der Waals surface area contributed by atoms with Gasteiger partial charge >= 0.3 is 0 Å². The van der Waals surface area contributed by atoms with Gasteiger partial charge in [0.15, 0.2) is 0 Å². The van der Waals surface area contributed by atoms with Crippen molar-refractivity contribution >= 4 is 22.5 Å². The van der Waals surface area contributed by atoms with Crippen molar-refractivity contribution in [2.24, 2.45) is 5.84 Å². The lowest BCUT2D eigenvalue weighted by Gasteiger charge is -2.14. The molecule has 0 bridgehead atoms. The summed E-state index contributed by atoms with van der Waals surface area (Å²) in [5, 5.41) is 4.59. The minimum absolute atomic E-state index is 0.119. The van der Waals surface area contributed by atoms with Gasteiger partial charge in [-0.05, 0) is 19.0 Å². The molecule has 2 rings (SSSR count). The minimum Gasteiger partial charge on any atom is -0.351 e. The fourth-order valence-electron chi connectivity index (χ4n) is 2.10. The third-order valence-electron chi connectivity index (χ3n) is 3.50. The standard InChI is InChI=1S/C15H21N5O/c1-3-20(2)9-8-17-15(21)13-10-18-14(19-16)12-7-5-4-6-11(12)13/h4-7,10H,3,8-9,16H2,1-2H3,(H,17,21)(H,18,19). The summed E-state index contributed by atoms with van der Waals surface area (Å²) in [6, 6.07) is 7.57. The van der Waals surface area contributed by atoms with Gasteiger partial charge in [0.1, 0.15) is 5.82 Å². The van der Waals surface area contributed by atoms with E-state index in [9.17, 15) is 4.79 Å². The van der Waals surface area contributed by atoms with Crippen LogP contribution in [0.5, 0.6) is 0 Å². The number of rotatable bonds is 6. The number of aromatic nitrogens is 1. The number of nitrogen functional groups attached to an aromatic ring is 1. The number of amides is 1. The highest BCUT2D eigenvalue weighted by molar-refractivity contribution is 6.09. The van der Waals surface area contributed by atoms with Crippen LogP contribution in [-0.2, 0) is 0 Å². The highest BCUT2D eigenvalue weighted by atomic mass is 16.1. The van der Waals surface area contributed by atoms with Gasteiger partial charge in [-0.25, -0.2) is 10.8 Å². The molecule has 0 fully saturated rings. The maximum absolute atomic E-state index is 12.3. The Balaban J connectivity index is 2.20. The Bertz CT molecular complexity index is 628. The predicted molar refractivity (Wildman–Crippen MR) is 85.1 cm³/mol. The second-order valence-corrected chi connectivity index (χ2v) is 4.86. The van der Waals surface area contributed by atoms with Crippen molar-refractivity contribution < 1.29 is 4.79 Å². The minimum atomic E-state index is -0.119. The Labute approximate surface area is 124 Å². The average Bonchev–Trinajstić information content (AvgIpc) is 2.53. The van der Waals surface area contributed by atoms with Crippen LogP contribution in [0.1, 0.15) is 17.3 Å². The Morgan fingerprint density at radius 2 is 2.05 bits per heavy atom. The van der Waals surface area contributed by atoms with Gasteiger partial charge < -0.3 is 15.6 Å². The van der Waals surface area contributed by atoms with E-state index in [0.29, 0.717) is 17.9 Å². The Kier molecular flexibility index (Phi) is 5.08. The third kappa shape index (κ3) is 3.48. The van der Waals surface area contributed by atoms with E-state index in [-0.39, 0.29) is 5.91 Å². The van der Waals surface area contributed by atoms with Crippen LogP contribution in [0.15, 0.2) is 30.5 Å². The zero-order chi connectivity index (χ0) is 15.2. The molecule has 1 heterocycles. The highest BCUT2D eigenvalue weighted by Gasteiger charge is 2.12. The molecule has 6 nitrogen and oxygen atoms in total. The predicted octanol–water partition coefficient (Wildman–Crippen LogP) is 1.20. The van der Waals surface area contributed by atoms with Gasteiger partial charge in [0.2, 0.25) is 0 Å². The number of hydrogen-bond acceptors (Lipinski definition) is 5. The molecule has 0 aliphatic heterocycles. The number of nitrogens with zero attached hydrogens (tertiary/aromatic N) is 2. The van der Waals surface area contributed by atoms with E-state index in [0.717, 1.165) is 23.9 Å². The van der Waals surface area contributed by atoms with Crippen molar-refractivity contribution in [1.29, 1.82) is 0 Å². The molecule has 0 spiro atoms. The molecule has 1 aromatic heterocycles. The summed E-state index contributed by atoms with van der Waals surface area (Å²) in [6.45, 7) is 4.46. The molecule has 6 heteroatoms. The van der Waals surface area contributed by atoms with Crippen LogP contribution in [0.3, 0.4) is 0 Å². The molecule has 112 valence electrons. The number of hydrazine groups is 1. The molecule has 1 amide bonds.